The van der Waals surface area contributed by atoms with Gasteiger partial charge in [-0.1, -0.05) is 59.2 Å². The Bertz CT molecular complexity index is 1190. The number of halogens is 1. The summed E-state index contributed by atoms with van der Waals surface area (Å²) in [5.74, 6) is 0.189. The van der Waals surface area contributed by atoms with E-state index in [1.807, 2.05) is 77.1 Å². The van der Waals surface area contributed by atoms with E-state index in [-0.39, 0.29) is 30.7 Å². The summed E-state index contributed by atoms with van der Waals surface area (Å²) in [6, 6.07) is 15.3. The second kappa shape index (κ2) is 9.80. The normalized spacial score (nSPS) is 17.4. The topological polar surface area (TPSA) is 70.8 Å². The van der Waals surface area contributed by atoms with Crippen LogP contribution in [0.5, 0.6) is 0 Å². The van der Waals surface area contributed by atoms with Gasteiger partial charge in [0.2, 0.25) is 0 Å². The first-order chi connectivity index (χ1) is 16.5. The number of hydrogen-bond donors (Lipinski definition) is 0. The monoisotopic (exact) mass is 495 g/mol. The SMILES string of the molecule is Cc1noc(-c2ccc(CB3OC(C)(C)C(C)(C)O3)cc2)c1CC(=O)OC(C)c1ccccc1Cl. The molecule has 6 nitrogen and oxygen atoms in total. The number of nitrogens with zero attached hydrogens (tertiary/aromatic N) is 1. The van der Waals surface area contributed by atoms with Crippen molar-refractivity contribution in [2.24, 2.45) is 0 Å². The Morgan fingerprint density at radius 2 is 1.69 bits per heavy atom. The van der Waals surface area contributed by atoms with Gasteiger partial charge in [0.25, 0.3) is 0 Å². The molecule has 4 rings (SSSR count). The molecule has 184 valence electrons. The Balaban J connectivity index is 1.44. The highest BCUT2D eigenvalue weighted by Gasteiger charge is 2.50. The molecular weight excluding hydrogens is 465 g/mol. The Morgan fingerprint density at radius 3 is 2.31 bits per heavy atom. The van der Waals surface area contributed by atoms with E-state index in [0.717, 1.165) is 16.7 Å². The van der Waals surface area contributed by atoms with Crippen molar-refractivity contribution in [2.45, 2.75) is 71.6 Å². The first kappa shape index (κ1) is 25.5. The first-order valence-electron chi connectivity index (χ1n) is 11.8. The zero-order valence-corrected chi connectivity index (χ0v) is 21.8. The lowest BCUT2D eigenvalue weighted by molar-refractivity contribution is -0.147. The van der Waals surface area contributed by atoms with Gasteiger partial charge in [-0.05, 0) is 53.2 Å². The van der Waals surface area contributed by atoms with Gasteiger partial charge in [0.1, 0.15) is 6.10 Å². The highest BCUT2D eigenvalue weighted by molar-refractivity contribution is 6.45. The number of aryl methyl sites for hydroxylation is 1. The van der Waals surface area contributed by atoms with Crippen LogP contribution in [-0.4, -0.2) is 29.4 Å². The van der Waals surface area contributed by atoms with Gasteiger partial charge >= 0.3 is 13.1 Å². The van der Waals surface area contributed by atoms with E-state index in [0.29, 0.717) is 28.4 Å². The van der Waals surface area contributed by atoms with Gasteiger partial charge in [0, 0.05) is 28.0 Å². The maximum atomic E-state index is 12.7. The third kappa shape index (κ3) is 5.47. The Labute approximate surface area is 212 Å². The van der Waals surface area contributed by atoms with Crippen molar-refractivity contribution < 1.29 is 23.4 Å². The molecule has 2 aromatic carbocycles. The van der Waals surface area contributed by atoms with Gasteiger partial charge in [-0.15, -0.1) is 0 Å². The Morgan fingerprint density at radius 1 is 1.06 bits per heavy atom. The lowest BCUT2D eigenvalue weighted by atomic mass is 9.80. The molecule has 0 N–H and O–H groups in total. The Hall–Kier alpha value is -2.61. The van der Waals surface area contributed by atoms with Gasteiger partial charge in [-0.3, -0.25) is 4.79 Å². The molecule has 8 heteroatoms. The third-order valence-corrected chi connectivity index (χ3v) is 7.22. The van der Waals surface area contributed by atoms with Crippen LogP contribution in [0.1, 0.15) is 63.1 Å². The van der Waals surface area contributed by atoms with Crippen molar-refractivity contribution in [3.8, 4) is 11.3 Å². The maximum Gasteiger partial charge on any atom is 0.462 e. The van der Waals surface area contributed by atoms with Crippen LogP contribution in [0.25, 0.3) is 11.3 Å². The van der Waals surface area contributed by atoms with Crippen molar-refractivity contribution in [3.63, 3.8) is 0 Å². The molecule has 1 aliphatic rings. The lowest BCUT2D eigenvalue weighted by Gasteiger charge is -2.32. The quantitative estimate of drug-likeness (QED) is 0.282. The molecule has 0 radical (unpaired) electrons. The van der Waals surface area contributed by atoms with E-state index < -0.39 is 6.10 Å². The lowest BCUT2D eigenvalue weighted by Crippen LogP contribution is -2.41. The second-order valence-electron chi connectivity index (χ2n) is 9.99. The predicted octanol–water partition coefficient (Wildman–Crippen LogP) is 6.32. The molecule has 0 amide bonds. The summed E-state index contributed by atoms with van der Waals surface area (Å²) >= 11 is 6.24. The molecule has 1 aliphatic heterocycles. The summed E-state index contributed by atoms with van der Waals surface area (Å²) in [6.07, 6.45) is 0.227. The second-order valence-corrected chi connectivity index (χ2v) is 10.4. The van der Waals surface area contributed by atoms with Gasteiger partial charge in [0.05, 0.1) is 23.3 Å². The highest BCUT2D eigenvalue weighted by atomic mass is 35.5. The predicted molar refractivity (Wildman–Crippen MR) is 136 cm³/mol. The van der Waals surface area contributed by atoms with Crippen LogP contribution in [0.2, 0.25) is 5.02 Å². The summed E-state index contributed by atoms with van der Waals surface area (Å²) in [6.45, 7) is 11.8. The first-order valence-corrected chi connectivity index (χ1v) is 12.2. The average Bonchev–Trinajstić information content (AvgIpc) is 3.23. The molecule has 3 aromatic rings. The zero-order valence-electron chi connectivity index (χ0n) is 21.1. The maximum absolute atomic E-state index is 12.7. The van der Waals surface area contributed by atoms with E-state index in [2.05, 4.69) is 5.16 Å². The number of aromatic nitrogens is 1. The summed E-state index contributed by atoms with van der Waals surface area (Å²) in [5, 5.41) is 4.66. The Kier molecular flexibility index (Phi) is 7.14. The number of carbonyl (C=O) groups is 1. The summed E-state index contributed by atoms with van der Waals surface area (Å²) in [7, 11) is -0.302. The molecule has 2 heterocycles. The molecule has 1 saturated heterocycles. The van der Waals surface area contributed by atoms with Gasteiger partial charge in [-0.25, -0.2) is 0 Å². The van der Waals surface area contributed by atoms with Gasteiger partial charge < -0.3 is 18.6 Å². The standard InChI is InChI=1S/C27H31BClNO5/c1-17-22(15-24(31)32-18(2)21-9-7-8-10-23(21)29)25(33-30-17)20-13-11-19(12-14-20)16-28-34-26(3,4)27(5,6)35-28/h7-14,18H,15-16H2,1-6H3. The summed E-state index contributed by atoms with van der Waals surface area (Å²) < 4.78 is 23.5. The van der Waals surface area contributed by atoms with Gasteiger partial charge in [0.15, 0.2) is 5.76 Å². The van der Waals surface area contributed by atoms with Crippen LogP contribution in [0, 0.1) is 6.92 Å². The van der Waals surface area contributed by atoms with Crippen LogP contribution in [0.3, 0.4) is 0 Å². The fraction of sp³-hybridized carbons (Fsp3) is 0.407. The van der Waals surface area contributed by atoms with Crippen LogP contribution in [-0.2, 0) is 31.6 Å². The minimum atomic E-state index is -0.464. The van der Waals surface area contributed by atoms with Crippen LogP contribution < -0.4 is 0 Å². The molecule has 1 unspecified atom stereocenters. The molecule has 0 aliphatic carbocycles. The number of benzene rings is 2. The molecular formula is C27H31BClNO5. The molecule has 1 atom stereocenters. The molecule has 0 bridgehead atoms. The van der Waals surface area contributed by atoms with Crippen LogP contribution in [0.4, 0.5) is 0 Å². The number of hydrogen-bond acceptors (Lipinski definition) is 6. The minimum Gasteiger partial charge on any atom is -0.457 e. The fourth-order valence-electron chi connectivity index (χ4n) is 4.11. The number of esters is 1. The zero-order chi connectivity index (χ0) is 25.4. The largest absolute Gasteiger partial charge is 0.462 e. The fourth-order valence-corrected chi connectivity index (χ4v) is 4.40. The number of rotatable bonds is 7. The summed E-state index contributed by atoms with van der Waals surface area (Å²) in [5.41, 5.74) is 3.33. The van der Waals surface area contributed by atoms with Crippen molar-refractivity contribution >= 4 is 24.7 Å². The highest BCUT2D eigenvalue weighted by Crippen LogP contribution is 2.37. The van der Waals surface area contributed by atoms with E-state index in [9.17, 15) is 4.79 Å². The van der Waals surface area contributed by atoms with E-state index in [4.69, 9.17) is 30.2 Å². The molecule has 0 spiro atoms. The molecule has 35 heavy (non-hydrogen) atoms. The van der Waals surface area contributed by atoms with Crippen molar-refractivity contribution in [1.82, 2.24) is 5.16 Å². The average molecular weight is 496 g/mol. The summed E-state index contributed by atoms with van der Waals surface area (Å²) in [4.78, 5) is 12.7. The molecule has 1 aromatic heterocycles. The van der Waals surface area contributed by atoms with E-state index in [1.54, 1.807) is 13.0 Å². The molecule has 1 fully saturated rings. The van der Waals surface area contributed by atoms with Crippen molar-refractivity contribution in [3.05, 3.63) is 75.9 Å². The van der Waals surface area contributed by atoms with Crippen LogP contribution in [0.15, 0.2) is 53.1 Å². The minimum absolute atomic E-state index is 0.0507. The van der Waals surface area contributed by atoms with Crippen LogP contribution >= 0.6 is 11.6 Å². The molecule has 0 saturated carbocycles. The third-order valence-electron chi connectivity index (χ3n) is 6.88. The van der Waals surface area contributed by atoms with Crippen molar-refractivity contribution in [1.29, 1.82) is 0 Å². The van der Waals surface area contributed by atoms with E-state index in [1.165, 1.54) is 0 Å². The number of ether oxygens (including phenoxy) is 1. The van der Waals surface area contributed by atoms with E-state index >= 15 is 0 Å². The van der Waals surface area contributed by atoms with Gasteiger partial charge in [-0.2, -0.15) is 0 Å². The number of carbonyl (C=O) groups excluding carboxylic acids is 1. The smallest absolute Gasteiger partial charge is 0.457 e. The van der Waals surface area contributed by atoms with Crippen molar-refractivity contribution in [2.75, 3.05) is 0 Å².